The summed E-state index contributed by atoms with van der Waals surface area (Å²) >= 11 is 5.41. The number of hydrogen-bond acceptors (Lipinski definition) is 2. The van der Waals surface area contributed by atoms with E-state index in [-0.39, 0.29) is 6.61 Å². The van der Waals surface area contributed by atoms with Crippen molar-refractivity contribution >= 4 is 27.7 Å². The molecule has 0 radical (unpaired) electrons. The van der Waals surface area contributed by atoms with Gasteiger partial charge in [-0.2, -0.15) is 0 Å². The molecule has 0 unspecified atom stereocenters. The van der Waals surface area contributed by atoms with Gasteiger partial charge in [0.15, 0.2) is 0 Å². The van der Waals surface area contributed by atoms with Crippen LogP contribution in [0.3, 0.4) is 0 Å². The molecule has 2 rings (SSSR count). The SMILES string of the molecule is OCc1ccccc1CCCCCCCSc1ccc(Br)cc1. The Morgan fingerprint density at radius 3 is 2.17 bits per heavy atom. The zero-order valence-corrected chi connectivity index (χ0v) is 15.9. The van der Waals surface area contributed by atoms with Crippen molar-refractivity contribution in [1.29, 1.82) is 0 Å². The van der Waals surface area contributed by atoms with Crippen LogP contribution in [0.1, 0.15) is 43.2 Å². The minimum absolute atomic E-state index is 0.156. The van der Waals surface area contributed by atoms with Crippen LogP contribution in [0.5, 0.6) is 0 Å². The first-order valence-corrected chi connectivity index (χ1v) is 10.1. The molecular weight excluding hydrogens is 368 g/mol. The Bertz CT molecular complexity index is 568. The summed E-state index contributed by atoms with van der Waals surface area (Å²) in [7, 11) is 0. The van der Waals surface area contributed by atoms with Crippen molar-refractivity contribution in [3.05, 3.63) is 64.1 Å². The number of aliphatic hydroxyl groups excluding tert-OH is 1. The fourth-order valence-corrected chi connectivity index (χ4v) is 3.80. The number of halogens is 1. The number of hydrogen-bond donors (Lipinski definition) is 1. The summed E-state index contributed by atoms with van der Waals surface area (Å²) in [6.07, 6.45) is 7.49. The van der Waals surface area contributed by atoms with Gasteiger partial charge in [0.25, 0.3) is 0 Å². The Balaban J connectivity index is 1.52. The van der Waals surface area contributed by atoms with Crippen molar-refractivity contribution in [3.8, 4) is 0 Å². The maximum atomic E-state index is 9.32. The van der Waals surface area contributed by atoms with E-state index in [1.54, 1.807) is 0 Å². The number of rotatable bonds is 10. The summed E-state index contributed by atoms with van der Waals surface area (Å²) < 4.78 is 1.14. The summed E-state index contributed by atoms with van der Waals surface area (Å²) in [6, 6.07) is 16.8. The van der Waals surface area contributed by atoms with Gasteiger partial charge in [0.05, 0.1) is 6.61 Å². The lowest BCUT2D eigenvalue weighted by Gasteiger charge is -2.07. The number of benzene rings is 2. The van der Waals surface area contributed by atoms with Crippen LogP contribution in [0.2, 0.25) is 0 Å². The average molecular weight is 393 g/mol. The van der Waals surface area contributed by atoms with Gasteiger partial charge in [-0.1, -0.05) is 59.5 Å². The third-order valence-corrected chi connectivity index (χ3v) is 5.59. The van der Waals surface area contributed by atoms with Crippen LogP contribution >= 0.6 is 27.7 Å². The first-order valence-electron chi connectivity index (χ1n) is 8.35. The maximum absolute atomic E-state index is 9.32. The molecule has 2 aromatic rings. The molecule has 0 bridgehead atoms. The van der Waals surface area contributed by atoms with Gasteiger partial charge in [-0.3, -0.25) is 0 Å². The number of aliphatic hydroxyl groups is 1. The summed E-state index contributed by atoms with van der Waals surface area (Å²) in [5.74, 6) is 1.20. The first-order chi connectivity index (χ1) is 11.3. The molecule has 0 saturated carbocycles. The van der Waals surface area contributed by atoms with E-state index in [1.165, 1.54) is 48.3 Å². The minimum atomic E-state index is 0.156. The molecule has 0 aliphatic heterocycles. The molecule has 0 heterocycles. The highest BCUT2D eigenvalue weighted by Crippen LogP contribution is 2.22. The molecule has 1 N–H and O–H groups in total. The van der Waals surface area contributed by atoms with Crippen molar-refractivity contribution < 1.29 is 5.11 Å². The van der Waals surface area contributed by atoms with Crippen LogP contribution in [0, 0.1) is 0 Å². The second kappa shape index (κ2) is 10.9. The number of aryl methyl sites for hydroxylation is 1. The van der Waals surface area contributed by atoms with E-state index >= 15 is 0 Å². The second-order valence-electron chi connectivity index (χ2n) is 5.75. The fraction of sp³-hybridized carbons (Fsp3) is 0.400. The summed E-state index contributed by atoms with van der Waals surface area (Å²) in [6.45, 7) is 0.156. The minimum Gasteiger partial charge on any atom is -0.392 e. The molecule has 124 valence electrons. The Morgan fingerprint density at radius 2 is 1.43 bits per heavy atom. The average Bonchev–Trinajstić information content (AvgIpc) is 2.59. The third-order valence-electron chi connectivity index (χ3n) is 3.96. The fourth-order valence-electron chi connectivity index (χ4n) is 2.62. The smallest absolute Gasteiger partial charge is 0.0684 e. The van der Waals surface area contributed by atoms with Crippen LogP contribution in [0.4, 0.5) is 0 Å². The standard InChI is InChI=1S/C20H25BrOS/c21-19-11-13-20(14-12-19)23-15-7-3-1-2-4-8-17-9-5-6-10-18(17)16-22/h5-6,9-14,22H,1-4,7-8,15-16H2. The predicted octanol–water partition coefficient (Wildman–Crippen LogP) is 6.23. The lowest BCUT2D eigenvalue weighted by molar-refractivity contribution is 0.280. The molecular formula is C20H25BrOS. The van der Waals surface area contributed by atoms with E-state index in [1.807, 2.05) is 23.9 Å². The van der Waals surface area contributed by atoms with Gasteiger partial charge in [-0.15, -0.1) is 11.8 Å². The van der Waals surface area contributed by atoms with Gasteiger partial charge in [0, 0.05) is 9.37 Å². The maximum Gasteiger partial charge on any atom is 0.0684 e. The van der Waals surface area contributed by atoms with Crippen molar-refractivity contribution in [1.82, 2.24) is 0 Å². The molecule has 3 heteroatoms. The number of unbranched alkanes of at least 4 members (excludes halogenated alkanes) is 4. The highest BCUT2D eigenvalue weighted by Gasteiger charge is 2.00. The molecule has 0 spiro atoms. The third kappa shape index (κ3) is 7.11. The Morgan fingerprint density at radius 1 is 0.783 bits per heavy atom. The first kappa shape index (κ1) is 18.6. The van der Waals surface area contributed by atoms with Gasteiger partial charge >= 0.3 is 0 Å². The van der Waals surface area contributed by atoms with Crippen molar-refractivity contribution in [2.24, 2.45) is 0 Å². The lowest BCUT2D eigenvalue weighted by Crippen LogP contribution is -1.94. The Kier molecular flexibility index (Phi) is 8.80. The van der Waals surface area contributed by atoms with Crippen molar-refractivity contribution in [2.45, 2.75) is 50.0 Å². The zero-order chi connectivity index (χ0) is 16.3. The van der Waals surface area contributed by atoms with Crippen LogP contribution < -0.4 is 0 Å². The van der Waals surface area contributed by atoms with E-state index < -0.39 is 0 Å². The van der Waals surface area contributed by atoms with Gasteiger partial charge in [-0.05, 0) is 60.4 Å². The summed E-state index contributed by atoms with van der Waals surface area (Å²) in [5.41, 5.74) is 2.39. The quantitative estimate of drug-likeness (QED) is 0.382. The van der Waals surface area contributed by atoms with Crippen molar-refractivity contribution in [2.75, 3.05) is 5.75 Å². The van der Waals surface area contributed by atoms with Gasteiger partial charge < -0.3 is 5.11 Å². The topological polar surface area (TPSA) is 20.2 Å². The highest BCUT2D eigenvalue weighted by molar-refractivity contribution is 9.10. The molecule has 0 saturated heterocycles. The van der Waals surface area contributed by atoms with Crippen molar-refractivity contribution in [3.63, 3.8) is 0 Å². The highest BCUT2D eigenvalue weighted by atomic mass is 79.9. The molecule has 0 aliphatic carbocycles. The molecule has 23 heavy (non-hydrogen) atoms. The van der Waals surface area contributed by atoms with Crippen LogP contribution in [0.15, 0.2) is 57.9 Å². The molecule has 0 fully saturated rings. The van der Waals surface area contributed by atoms with E-state index in [0.29, 0.717) is 0 Å². The predicted molar refractivity (Wildman–Crippen MR) is 104 cm³/mol. The molecule has 1 nitrogen and oxygen atoms in total. The van der Waals surface area contributed by atoms with Gasteiger partial charge in [0.2, 0.25) is 0 Å². The van der Waals surface area contributed by atoms with E-state index in [4.69, 9.17) is 0 Å². The normalized spacial score (nSPS) is 10.9. The molecule has 0 aromatic heterocycles. The molecule has 0 amide bonds. The lowest BCUT2D eigenvalue weighted by atomic mass is 10.0. The van der Waals surface area contributed by atoms with Crippen LogP contribution in [-0.2, 0) is 13.0 Å². The molecule has 2 aromatic carbocycles. The molecule has 0 aliphatic rings. The van der Waals surface area contributed by atoms with E-state index in [0.717, 1.165) is 16.5 Å². The summed E-state index contributed by atoms with van der Waals surface area (Å²) in [4.78, 5) is 1.36. The van der Waals surface area contributed by atoms with E-state index in [9.17, 15) is 5.11 Å². The van der Waals surface area contributed by atoms with Gasteiger partial charge in [0.1, 0.15) is 0 Å². The molecule has 0 atom stereocenters. The summed E-state index contributed by atoms with van der Waals surface area (Å²) in [5, 5.41) is 9.32. The monoisotopic (exact) mass is 392 g/mol. The zero-order valence-electron chi connectivity index (χ0n) is 13.5. The van der Waals surface area contributed by atoms with E-state index in [2.05, 4.69) is 52.3 Å². The number of thioether (sulfide) groups is 1. The van der Waals surface area contributed by atoms with Gasteiger partial charge in [-0.25, -0.2) is 0 Å². The Labute approximate surface area is 152 Å². The largest absolute Gasteiger partial charge is 0.392 e. The second-order valence-corrected chi connectivity index (χ2v) is 7.83. The van der Waals surface area contributed by atoms with Crippen LogP contribution in [-0.4, -0.2) is 10.9 Å². The van der Waals surface area contributed by atoms with Crippen LogP contribution in [0.25, 0.3) is 0 Å². The Hall–Kier alpha value is -0.770.